The van der Waals surface area contributed by atoms with Crippen molar-refractivity contribution in [2.45, 2.75) is 42.1 Å². The molecule has 1 unspecified atom stereocenters. The first-order chi connectivity index (χ1) is 14.6. The van der Waals surface area contributed by atoms with Crippen molar-refractivity contribution < 1.29 is 9.53 Å². The molecule has 0 saturated carbocycles. The number of para-hydroxylation sites is 1. The molecule has 4 nitrogen and oxygen atoms in total. The standard InChI is InChI=1S/C23H26N2O2S3/c1-16-8-10-18(11-9-16)29-14-12-21(26)25(15-17-5-4-13-27-17)23-24-22-19(28-2)6-3-7-20(22)30-23/h3,6-11,17H,4-5,12-15H2,1-2H3. The summed E-state index contributed by atoms with van der Waals surface area (Å²) >= 11 is 5.01. The van der Waals surface area contributed by atoms with Crippen LogP contribution in [0, 0.1) is 6.92 Å². The van der Waals surface area contributed by atoms with E-state index in [4.69, 9.17) is 9.72 Å². The van der Waals surface area contributed by atoms with Crippen LogP contribution in [-0.4, -0.2) is 42.2 Å². The lowest BCUT2D eigenvalue weighted by Crippen LogP contribution is -2.37. The number of ether oxygens (including phenoxy) is 1. The SMILES string of the molecule is CSc1cccc2sc(N(CC3CCCO3)C(=O)CCSc3ccc(C)cc3)nc12. The van der Waals surface area contributed by atoms with Gasteiger partial charge in [-0.05, 0) is 50.3 Å². The lowest BCUT2D eigenvalue weighted by Gasteiger charge is -2.23. The summed E-state index contributed by atoms with van der Waals surface area (Å²) in [5.41, 5.74) is 2.24. The third kappa shape index (κ3) is 5.19. The topological polar surface area (TPSA) is 42.4 Å². The van der Waals surface area contributed by atoms with E-state index in [0.717, 1.165) is 45.4 Å². The predicted octanol–water partition coefficient (Wildman–Crippen LogP) is 6.02. The van der Waals surface area contributed by atoms with Crippen molar-refractivity contribution >= 4 is 56.1 Å². The Morgan fingerprint density at radius 1 is 1.27 bits per heavy atom. The summed E-state index contributed by atoms with van der Waals surface area (Å²) in [5, 5.41) is 0.785. The van der Waals surface area contributed by atoms with Crippen molar-refractivity contribution in [3.63, 3.8) is 0 Å². The number of hydrogen-bond acceptors (Lipinski definition) is 6. The fourth-order valence-electron chi connectivity index (χ4n) is 3.50. The maximum absolute atomic E-state index is 13.2. The lowest BCUT2D eigenvalue weighted by molar-refractivity contribution is -0.118. The normalized spacial score (nSPS) is 16.3. The fourth-order valence-corrected chi connectivity index (χ4v) is 5.98. The number of fused-ring (bicyclic) bond motifs is 1. The molecule has 0 spiro atoms. The average Bonchev–Trinajstić information content (AvgIpc) is 3.42. The summed E-state index contributed by atoms with van der Waals surface area (Å²) in [7, 11) is 0. The summed E-state index contributed by atoms with van der Waals surface area (Å²) in [6.07, 6.45) is 4.71. The summed E-state index contributed by atoms with van der Waals surface area (Å²) in [5.74, 6) is 0.875. The Balaban J connectivity index is 1.50. The highest BCUT2D eigenvalue weighted by Gasteiger charge is 2.26. The molecule has 7 heteroatoms. The summed E-state index contributed by atoms with van der Waals surface area (Å²) in [6.45, 7) is 3.45. The van der Waals surface area contributed by atoms with E-state index in [9.17, 15) is 4.79 Å². The number of nitrogens with zero attached hydrogens (tertiary/aromatic N) is 2. The van der Waals surface area contributed by atoms with Crippen LogP contribution in [0.25, 0.3) is 10.2 Å². The van der Waals surface area contributed by atoms with Gasteiger partial charge in [0.05, 0.1) is 22.9 Å². The molecule has 3 aromatic rings. The molecule has 1 aliphatic heterocycles. The second-order valence-corrected chi connectivity index (χ2v) is 10.4. The van der Waals surface area contributed by atoms with E-state index in [1.165, 1.54) is 10.5 Å². The number of anilines is 1. The third-order valence-corrected chi connectivity index (χ3v) is 7.96. The lowest BCUT2D eigenvalue weighted by atomic mass is 10.2. The zero-order valence-electron chi connectivity index (χ0n) is 17.3. The Bertz CT molecular complexity index is 997. The molecule has 1 saturated heterocycles. The van der Waals surface area contributed by atoms with Crippen LogP contribution >= 0.6 is 34.9 Å². The molecular formula is C23H26N2O2S3. The zero-order chi connectivity index (χ0) is 20.9. The number of rotatable bonds is 8. The predicted molar refractivity (Wildman–Crippen MR) is 129 cm³/mol. The number of carbonyl (C=O) groups is 1. The zero-order valence-corrected chi connectivity index (χ0v) is 19.7. The second kappa shape index (κ2) is 10.2. The quantitative estimate of drug-likeness (QED) is 0.386. The molecule has 2 heterocycles. The monoisotopic (exact) mass is 458 g/mol. The van der Waals surface area contributed by atoms with Crippen molar-refractivity contribution in [3.05, 3.63) is 48.0 Å². The van der Waals surface area contributed by atoms with Gasteiger partial charge in [0, 0.05) is 28.6 Å². The van der Waals surface area contributed by atoms with Crippen molar-refractivity contribution in [2.24, 2.45) is 0 Å². The van der Waals surface area contributed by atoms with E-state index in [1.54, 1.807) is 34.9 Å². The average molecular weight is 459 g/mol. The van der Waals surface area contributed by atoms with Gasteiger partial charge in [0.1, 0.15) is 0 Å². The van der Waals surface area contributed by atoms with Crippen molar-refractivity contribution in [2.75, 3.05) is 30.1 Å². The Morgan fingerprint density at radius 3 is 2.83 bits per heavy atom. The fraction of sp³-hybridized carbons (Fsp3) is 0.391. The number of carbonyl (C=O) groups excluding carboxylic acids is 1. The van der Waals surface area contributed by atoms with Gasteiger partial charge in [0.2, 0.25) is 5.91 Å². The smallest absolute Gasteiger partial charge is 0.229 e. The molecule has 4 rings (SSSR count). The van der Waals surface area contributed by atoms with Crippen molar-refractivity contribution in [1.29, 1.82) is 0 Å². The van der Waals surface area contributed by atoms with Gasteiger partial charge < -0.3 is 4.74 Å². The molecule has 1 aliphatic rings. The maximum atomic E-state index is 13.2. The minimum Gasteiger partial charge on any atom is -0.376 e. The largest absolute Gasteiger partial charge is 0.376 e. The van der Waals surface area contributed by atoms with Gasteiger partial charge in [-0.25, -0.2) is 4.98 Å². The van der Waals surface area contributed by atoms with Crippen LogP contribution in [0.1, 0.15) is 24.8 Å². The first-order valence-electron chi connectivity index (χ1n) is 10.2. The van der Waals surface area contributed by atoms with Crippen LogP contribution in [0.2, 0.25) is 0 Å². The van der Waals surface area contributed by atoms with Crippen LogP contribution in [-0.2, 0) is 9.53 Å². The number of thiazole rings is 1. The number of aryl methyl sites for hydroxylation is 1. The van der Waals surface area contributed by atoms with E-state index >= 15 is 0 Å². The molecule has 0 N–H and O–H groups in total. The molecule has 1 fully saturated rings. The molecular weight excluding hydrogens is 432 g/mol. The summed E-state index contributed by atoms with van der Waals surface area (Å²) in [6, 6.07) is 14.7. The highest BCUT2D eigenvalue weighted by molar-refractivity contribution is 7.99. The molecule has 1 atom stereocenters. The Kier molecular flexibility index (Phi) is 7.36. The van der Waals surface area contributed by atoms with Crippen LogP contribution in [0.15, 0.2) is 52.3 Å². The molecule has 1 aromatic heterocycles. The summed E-state index contributed by atoms with van der Waals surface area (Å²) < 4.78 is 6.95. The number of benzene rings is 2. The van der Waals surface area contributed by atoms with Gasteiger partial charge >= 0.3 is 0 Å². The van der Waals surface area contributed by atoms with Gasteiger partial charge in [-0.2, -0.15) is 0 Å². The Morgan fingerprint density at radius 2 is 2.10 bits per heavy atom. The molecule has 0 radical (unpaired) electrons. The first kappa shape index (κ1) is 21.7. The Hall–Kier alpha value is -1.54. The van der Waals surface area contributed by atoms with Gasteiger partial charge in [-0.3, -0.25) is 9.69 Å². The van der Waals surface area contributed by atoms with E-state index in [-0.39, 0.29) is 12.0 Å². The third-order valence-electron chi connectivity index (χ3n) is 5.14. The number of amides is 1. The van der Waals surface area contributed by atoms with Gasteiger partial charge in [0.15, 0.2) is 5.13 Å². The molecule has 2 aromatic carbocycles. The van der Waals surface area contributed by atoms with E-state index in [2.05, 4.69) is 55.6 Å². The van der Waals surface area contributed by atoms with E-state index < -0.39 is 0 Å². The van der Waals surface area contributed by atoms with Crippen LogP contribution in [0.3, 0.4) is 0 Å². The van der Waals surface area contributed by atoms with Crippen LogP contribution < -0.4 is 4.90 Å². The maximum Gasteiger partial charge on any atom is 0.229 e. The minimum absolute atomic E-state index is 0.103. The van der Waals surface area contributed by atoms with Gasteiger partial charge in [-0.15, -0.1) is 23.5 Å². The van der Waals surface area contributed by atoms with Gasteiger partial charge in [0.25, 0.3) is 0 Å². The number of hydrogen-bond donors (Lipinski definition) is 0. The Labute approximate surface area is 190 Å². The molecule has 1 amide bonds. The second-order valence-electron chi connectivity index (χ2n) is 7.35. The molecule has 158 valence electrons. The highest BCUT2D eigenvalue weighted by Crippen LogP contribution is 2.35. The van der Waals surface area contributed by atoms with Crippen molar-refractivity contribution in [1.82, 2.24) is 4.98 Å². The van der Waals surface area contributed by atoms with Crippen molar-refractivity contribution in [3.8, 4) is 0 Å². The molecule has 30 heavy (non-hydrogen) atoms. The van der Waals surface area contributed by atoms with Gasteiger partial charge in [-0.1, -0.05) is 35.1 Å². The number of thioether (sulfide) groups is 2. The van der Waals surface area contributed by atoms with Crippen LogP contribution in [0.4, 0.5) is 5.13 Å². The highest BCUT2D eigenvalue weighted by atomic mass is 32.2. The number of aromatic nitrogens is 1. The first-order valence-corrected chi connectivity index (χ1v) is 13.2. The summed E-state index contributed by atoms with van der Waals surface area (Å²) in [4.78, 5) is 22.3. The molecule has 0 bridgehead atoms. The van der Waals surface area contributed by atoms with E-state index in [0.29, 0.717) is 13.0 Å². The van der Waals surface area contributed by atoms with Crippen LogP contribution in [0.5, 0.6) is 0 Å². The minimum atomic E-state index is 0.103. The van der Waals surface area contributed by atoms with E-state index in [1.807, 2.05) is 4.90 Å². The molecule has 0 aliphatic carbocycles.